The number of hydrogen-bond donors (Lipinski definition) is 1. The second kappa shape index (κ2) is 9.26. The van der Waals surface area contributed by atoms with Crippen LogP contribution in [0.25, 0.3) is 0 Å². The third-order valence-electron chi connectivity index (χ3n) is 4.83. The Kier molecular flexibility index (Phi) is 8.03. The van der Waals surface area contributed by atoms with Gasteiger partial charge in [0.1, 0.15) is 12.6 Å². The van der Waals surface area contributed by atoms with Crippen molar-refractivity contribution in [3.63, 3.8) is 0 Å². The maximum atomic E-state index is 12.1. The molecule has 0 heterocycles. The van der Waals surface area contributed by atoms with Crippen LogP contribution in [-0.2, 0) is 19.1 Å². The highest BCUT2D eigenvalue weighted by Crippen LogP contribution is 2.35. The van der Waals surface area contributed by atoms with Crippen molar-refractivity contribution in [2.45, 2.75) is 66.0 Å². The fourth-order valence-corrected chi connectivity index (χ4v) is 3.33. The normalized spacial score (nSPS) is 26.2. The van der Waals surface area contributed by atoms with Crippen LogP contribution < -0.4 is 5.32 Å². The lowest BCUT2D eigenvalue weighted by Gasteiger charge is -2.37. The zero-order valence-corrected chi connectivity index (χ0v) is 15.4. The van der Waals surface area contributed by atoms with Crippen LogP contribution in [0.3, 0.4) is 0 Å². The molecule has 1 aliphatic rings. The molecular weight excluding hydrogens is 294 g/mol. The monoisotopic (exact) mass is 327 g/mol. The number of rotatable bonds is 7. The van der Waals surface area contributed by atoms with Crippen LogP contribution in [-0.4, -0.2) is 37.7 Å². The number of nitrogens with one attached hydrogen (secondary N) is 1. The molecule has 0 aromatic carbocycles. The first-order valence-corrected chi connectivity index (χ1v) is 8.75. The van der Waals surface area contributed by atoms with E-state index in [4.69, 9.17) is 9.47 Å². The lowest BCUT2D eigenvalue weighted by Crippen LogP contribution is -2.47. The minimum absolute atomic E-state index is 0.000814. The Morgan fingerprint density at radius 2 is 1.83 bits per heavy atom. The minimum atomic E-state index is -0.623. The molecule has 1 amide bonds. The lowest BCUT2D eigenvalue weighted by atomic mass is 9.75. The van der Waals surface area contributed by atoms with Gasteiger partial charge in [-0.2, -0.15) is 0 Å². The number of hydrogen-bond acceptors (Lipinski definition) is 4. The van der Waals surface area contributed by atoms with Crippen LogP contribution in [0.2, 0.25) is 0 Å². The fourth-order valence-electron chi connectivity index (χ4n) is 3.33. The first kappa shape index (κ1) is 19.9. The molecule has 1 rings (SSSR count). The van der Waals surface area contributed by atoms with Crippen molar-refractivity contribution in [1.82, 2.24) is 5.32 Å². The molecule has 0 spiro atoms. The average molecular weight is 327 g/mol. The molecule has 0 aliphatic heterocycles. The van der Waals surface area contributed by atoms with E-state index in [2.05, 4.69) is 26.1 Å². The van der Waals surface area contributed by atoms with E-state index in [1.807, 2.05) is 13.8 Å². The van der Waals surface area contributed by atoms with Crippen molar-refractivity contribution in [1.29, 1.82) is 0 Å². The highest BCUT2D eigenvalue weighted by Gasteiger charge is 2.32. The van der Waals surface area contributed by atoms with Gasteiger partial charge >= 0.3 is 5.97 Å². The maximum Gasteiger partial charge on any atom is 0.328 e. The smallest absolute Gasteiger partial charge is 0.328 e. The van der Waals surface area contributed by atoms with E-state index in [1.54, 1.807) is 0 Å². The predicted octanol–water partition coefficient (Wildman–Crippen LogP) is 2.78. The molecule has 5 nitrogen and oxygen atoms in total. The summed E-state index contributed by atoms with van der Waals surface area (Å²) in [4.78, 5) is 23.8. The first-order chi connectivity index (χ1) is 10.8. The van der Waals surface area contributed by atoms with E-state index >= 15 is 0 Å². The van der Waals surface area contributed by atoms with Gasteiger partial charge < -0.3 is 14.8 Å². The minimum Gasteiger partial charge on any atom is -0.467 e. The highest BCUT2D eigenvalue weighted by molar-refractivity contribution is 5.85. The number of ether oxygens (including phenoxy) is 2. The van der Waals surface area contributed by atoms with Crippen LogP contribution >= 0.6 is 0 Å². The lowest BCUT2D eigenvalue weighted by molar-refractivity contribution is -0.147. The molecular formula is C18H33NO4. The van der Waals surface area contributed by atoms with Gasteiger partial charge in [0.25, 0.3) is 0 Å². The van der Waals surface area contributed by atoms with Gasteiger partial charge in [-0.25, -0.2) is 4.79 Å². The van der Waals surface area contributed by atoms with Crippen molar-refractivity contribution < 1.29 is 19.1 Å². The quantitative estimate of drug-likeness (QED) is 0.730. The summed E-state index contributed by atoms with van der Waals surface area (Å²) in [5.41, 5.74) is 0. The number of carbonyl (C=O) groups excluding carboxylic acids is 2. The summed E-state index contributed by atoms with van der Waals surface area (Å²) in [6, 6.07) is -0.623. The van der Waals surface area contributed by atoms with E-state index in [0.717, 1.165) is 12.8 Å². The van der Waals surface area contributed by atoms with Gasteiger partial charge in [0.05, 0.1) is 13.2 Å². The van der Waals surface area contributed by atoms with E-state index in [9.17, 15) is 9.59 Å². The van der Waals surface area contributed by atoms with Gasteiger partial charge in [-0.1, -0.05) is 41.0 Å². The van der Waals surface area contributed by atoms with Crippen LogP contribution in [0.15, 0.2) is 0 Å². The molecule has 1 saturated carbocycles. The summed E-state index contributed by atoms with van der Waals surface area (Å²) in [6.45, 7) is 10.4. The summed E-state index contributed by atoms with van der Waals surface area (Å²) in [6.07, 6.45) is 3.51. The molecule has 134 valence electrons. The Balaban J connectivity index is 2.54. The standard InChI is InChI=1S/C18H33NO4/c1-11(2)14-8-7-13(5)9-15(14)23-10-16(20)19-17(12(3)4)18(21)22-6/h11-15,17H,7-10H2,1-6H3,(H,19,20)/t13?,14?,15?,17-/m1/s1. The van der Waals surface area contributed by atoms with Gasteiger partial charge in [-0.05, 0) is 36.5 Å². The zero-order valence-electron chi connectivity index (χ0n) is 15.4. The largest absolute Gasteiger partial charge is 0.467 e. The molecule has 23 heavy (non-hydrogen) atoms. The molecule has 3 unspecified atom stereocenters. The van der Waals surface area contributed by atoms with Crippen molar-refractivity contribution in [3.05, 3.63) is 0 Å². The molecule has 1 aliphatic carbocycles. The van der Waals surface area contributed by atoms with E-state index < -0.39 is 12.0 Å². The van der Waals surface area contributed by atoms with E-state index in [1.165, 1.54) is 13.5 Å². The van der Waals surface area contributed by atoms with E-state index in [0.29, 0.717) is 17.8 Å². The average Bonchev–Trinajstić information content (AvgIpc) is 2.49. The summed E-state index contributed by atoms with van der Waals surface area (Å²) < 4.78 is 10.7. The Bertz CT molecular complexity index is 394. The molecule has 4 atom stereocenters. The molecule has 1 N–H and O–H groups in total. The van der Waals surface area contributed by atoms with Gasteiger partial charge in [0.15, 0.2) is 0 Å². The van der Waals surface area contributed by atoms with Crippen molar-refractivity contribution >= 4 is 11.9 Å². The van der Waals surface area contributed by atoms with E-state index in [-0.39, 0.29) is 24.5 Å². The van der Waals surface area contributed by atoms with Gasteiger partial charge in [-0.3, -0.25) is 4.79 Å². The van der Waals surface area contributed by atoms with Crippen LogP contribution in [0.5, 0.6) is 0 Å². The van der Waals surface area contributed by atoms with Crippen molar-refractivity contribution in [3.8, 4) is 0 Å². The molecule has 5 heteroatoms. The second-order valence-corrected chi connectivity index (χ2v) is 7.49. The van der Waals surface area contributed by atoms with Crippen molar-refractivity contribution in [2.75, 3.05) is 13.7 Å². The summed E-state index contributed by atoms with van der Waals surface area (Å²) in [5, 5.41) is 2.72. The van der Waals surface area contributed by atoms with Crippen LogP contribution in [0.4, 0.5) is 0 Å². The third kappa shape index (κ3) is 6.13. The van der Waals surface area contributed by atoms with Crippen LogP contribution in [0.1, 0.15) is 53.9 Å². The summed E-state index contributed by atoms with van der Waals surface area (Å²) in [5.74, 6) is 0.991. The number of amides is 1. The molecule has 0 aromatic heterocycles. The second-order valence-electron chi connectivity index (χ2n) is 7.49. The topological polar surface area (TPSA) is 64.6 Å². The highest BCUT2D eigenvalue weighted by atomic mass is 16.5. The summed E-state index contributed by atoms with van der Waals surface area (Å²) in [7, 11) is 1.33. The number of esters is 1. The molecule has 0 aromatic rings. The Labute approximate surface area is 140 Å². The molecule has 0 radical (unpaired) electrons. The summed E-state index contributed by atoms with van der Waals surface area (Å²) >= 11 is 0. The Morgan fingerprint density at radius 3 is 2.35 bits per heavy atom. The molecule has 0 saturated heterocycles. The fraction of sp³-hybridized carbons (Fsp3) is 0.889. The third-order valence-corrected chi connectivity index (χ3v) is 4.83. The van der Waals surface area contributed by atoms with Gasteiger partial charge in [-0.15, -0.1) is 0 Å². The predicted molar refractivity (Wildman–Crippen MR) is 89.9 cm³/mol. The van der Waals surface area contributed by atoms with Gasteiger partial charge in [0, 0.05) is 0 Å². The molecule has 1 fully saturated rings. The van der Waals surface area contributed by atoms with Crippen LogP contribution in [0, 0.1) is 23.7 Å². The number of carbonyl (C=O) groups is 2. The molecule has 0 bridgehead atoms. The Morgan fingerprint density at radius 1 is 1.17 bits per heavy atom. The Hall–Kier alpha value is -1.10. The van der Waals surface area contributed by atoms with Crippen molar-refractivity contribution in [2.24, 2.45) is 23.7 Å². The zero-order chi connectivity index (χ0) is 17.6. The SMILES string of the molecule is COC(=O)[C@H](NC(=O)COC1CC(C)CCC1C(C)C)C(C)C. The maximum absolute atomic E-state index is 12.1. The first-order valence-electron chi connectivity index (χ1n) is 8.75. The number of methoxy groups -OCH3 is 1. The van der Waals surface area contributed by atoms with Gasteiger partial charge in [0.2, 0.25) is 5.91 Å².